The number of esters is 1. The van der Waals surface area contributed by atoms with Gasteiger partial charge in [-0.05, 0) is 37.6 Å². The van der Waals surface area contributed by atoms with Crippen molar-refractivity contribution in [1.82, 2.24) is 0 Å². The lowest BCUT2D eigenvalue weighted by Gasteiger charge is -2.07. The van der Waals surface area contributed by atoms with Crippen LogP contribution in [0.2, 0.25) is 0 Å². The van der Waals surface area contributed by atoms with Crippen LogP contribution in [-0.2, 0) is 14.3 Å². The van der Waals surface area contributed by atoms with Crippen molar-refractivity contribution in [3.63, 3.8) is 0 Å². The van der Waals surface area contributed by atoms with E-state index in [1.165, 1.54) is 19.3 Å². The highest BCUT2D eigenvalue weighted by molar-refractivity contribution is 6.02. The maximum absolute atomic E-state index is 11.6. The minimum absolute atomic E-state index is 0.282. The molecule has 0 aliphatic carbocycles. The molecule has 0 saturated heterocycles. The number of rotatable bonds is 10. The van der Waals surface area contributed by atoms with Crippen molar-refractivity contribution < 1.29 is 19.1 Å². The molecule has 5 nitrogen and oxygen atoms in total. The maximum Gasteiger partial charge on any atom is 0.330 e. The van der Waals surface area contributed by atoms with Crippen LogP contribution in [0.3, 0.4) is 0 Å². The van der Waals surface area contributed by atoms with Gasteiger partial charge in [-0.2, -0.15) is 0 Å². The summed E-state index contributed by atoms with van der Waals surface area (Å²) in [5, 5.41) is 2.66. The summed E-state index contributed by atoms with van der Waals surface area (Å²) in [4.78, 5) is 22.7. The highest BCUT2D eigenvalue weighted by Crippen LogP contribution is 2.16. The fraction of sp³-hybridized carbons (Fsp3) is 0.444. The van der Waals surface area contributed by atoms with E-state index in [-0.39, 0.29) is 12.5 Å². The van der Waals surface area contributed by atoms with Crippen molar-refractivity contribution in [3.8, 4) is 5.75 Å². The van der Waals surface area contributed by atoms with Gasteiger partial charge in [0.05, 0.1) is 13.2 Å². The summed E-state index contributed by atoms with van der Waals surface area (Å²) < 4.78 is 10.3. The largest absolute Gasteiger partial charge is 0.494 e. The van der Waals surface area contributed by atoms with Gasteiger partial charge < -0.3 is 14.8 Å². The van der Waals surface area contributed by atoms with Crippen molar-refractivity contribution in [1.29, 1.82) is 0 Å². The van der Waals surface area contributed by atoms with Crippen LogP contribution in [0, 0.1) is 0 Å². The minimum Gasteiger partial charge on any atom is -0.494 e. The molecule has 0 atom stereocenters. The van der Waals surface area contributed by atoms with E-state index < -0.39 is 5.97 Å². The van der Waals surface area contributed by atoms with Crippen LogP contribution in [0.25, 0.3) is 0 Å². The van der Waals surface area contributed by atoms with E-state index in [0.717, 1.165) is 24.3 Å². The summed E-state index contributed by atoms with van der Waals surface area (Å²) >= 11 is 0. The Hall–Kier alpha value is -2.30. The first kappa shape index (κ1) is 18.7. The first-order valence-electron chi connectivity index (χ1n) is 8.04. The molecule has 0 aromatic heterocycles. The summed E-state index contributed by atoms with van der Waals surface area (Å²) in [5.74, 6) is -0.137. The Bertz CT molecular complexity index is 508. The highest BCUT2D eigenvalue weighted by Gasteiger charge is 2.01. The Morgan fingerprint density at radius 3 is 2.43 bits per heavy atom. The number of carbonyl (C=O) groups excluding carboxylic acids is 2. The van der Waals surface area contributed by atoms with Gasteiger partial charge >= 0.3 is 5.97 Å². The summed E-state index contributed by atoms with van der Waals surface area (Å²) in [6, 6.07) is 7.14. The number of ether oxygens (including phenoxy) is 2. The van der Waals surface area contributed by atoms with Gasteiger partial charge in [0.1, 0.15) is 5.75 Å². The van der Waals surface area contributed by atoms with E-state index >= 15 is 0 Å². The molecule has 1 N–H and O–H groups in total. The first-order valence-corrected chi connectivity index (χ1v) is 8.04. The number of hydrogen-bond donors (Lipinski definition) is 1. The van der Waals surface area contributed by atoms with E-state index in [1.54, 1.807) is 19.1 Å². The molecule has 0 unspecified atom stereocenters. The van der Waals surface area contributed by atoms with Crippen molar-refractivity contribution >= 4 is 17.6 Å². The van der Waals surface area contributed by atoms with Crippen LogP contribution in [0.5, 0.6) is 5.75 Å². The molecule has 1 rings (SSSR count). The second-order valence-corrected chi connectivity index (χ2v) is 5.01. The molecule has 0 fully saturated rings. The zero-order valence-electron chi connectivity index (χ0n) is 13.8. The van der Waals surface area contributed by atoms with Crippen molar-refractivity contribution in [2.45, 2.75) is 39.5 Å². The van der Waals surface area contributed by atoms with Crippen molar-refractivity contribution in [3.05, 3.63) is 36.4 Å². The molecule has 126 valence electrons. The van der Waals surface area contributed by atoms with Crippen LogP contribution in [0.1, 0.15) is 39.5 Å². The van der Waals surface area contributed by atoms with Crippen LogP contribution < -0.4 is 10.1 Å². The maximum atomic E-state index is 11.6. The standard InChI is InChI=1S/C18H25NO4/c1-3-5-6-7-14-23-16-10-8-15(9-11-16)19-17(20)12-13-18(21)22-4-2/h8-13H,3-7,14H2,1-2H3,(H,19,20). The lowest BCUT2D eigenvalue weighted by Crippen LogP contribution is -2.09. The van der Waals surface area contributed by atoms with Gasteiger partial charge in [0.2, 0.25) is 5.91 Å². The van der Waals surface area contributed by atoms with Crippen molar-refractivity contribution in [2.75, 3.05) is 18.5 Å². The first-order chi connectivity index (χ1) is 11.2. The van der Waals surface area contributed by atoms with Gasteiger partial charge in [-0.15, -0.1) is 0 Å². The van der Waals surface area contributed by atoms with Crippen LogP contribution >= 0.6 is 0 Å². The Kier molecular flexibility index (Phi) is 9.20. The van der Waals surface area contributed by atoms with Gasteiger partial charge in [0.25, 0.3) is 0 Å². The van der Waals surface area contributed by atoms with Gasteiger partial charge in [-0.3, -0.25) is 4.79 Å². The van der Waals surface area contributed by atoms with E-state index in [4.69, 9.17) is 9.47 Å². The second kappa shape index (κ2) is 11.3. The zero-order chi connectivity index (χ0) is 16.9. The highest BCUT2D eigenvalue weighted by atomic mass is 16.5. The lowest BCUT2D eigenvalue weighted by atomic mass is 10.2. The Morgan fingerprint density at radius 1 is 1.04 bits per heavy atom. The van der Waals surface area contributed by atoms with E-state index in [2.05, 4.69) is 12.2 Å². The lowest BCUT2D eigenvalue weighted by molar-refractivity contribution is -0.137. The molecule has 1 aromatic rings. The fourth-order valence-corrected chi connectivity index (χ4v) is 1.87. The average Bonchev–Trinajstić information content (AvgIpc) is 2.55. The van der Waals surface area contributed by atoms with E-state index in [1.807, 2.05) is 12.1 Å². The van der Waals surface area contributed by atoms with E-state index in [9.17, 15) is 9.59 Å². The van der Waals surface area contributed by atoms with Crippen LogP contribution in [-0.4, -0.2) is 25.1 Å². The molecule has 23 heavy (non-hydrogen) atoms. The third kappa shape index (κ3) is 8.66. The molecule has 0 bridgehead atoms. The molecule has 0 aliphatic rings. The Labute approximate surface area is 137 Å². The number of nitrogens with one attached hydrogen (secondary N) is 1. The predicted molar refractivity (Wildman–Crippen MR) is 90.5 cm³/mol. The molecular formula is C18H25NO4. The Morgan fingerprint density at radius 2 is 1.78 bits per heavy atom. The van der Waals surface area contributed by atoms with Gasteiger partial charge in [0, 0.05) is 17.8 Å². The normalized spacial score (nSPS) is 10.5. The third-order valence-electron chi connectivity index (χ3n) is 3.05. The molecule has 0 saturated carbocycles. The number of anilines is 1. The second-order valence-electron chi connectivity index (χ2n) is 5.01. The summed E-state index contributed by atoms with van der Waals surface area (Å²) in [6.07, 6.45) is 6.91. The number of hydrogen-bond acceptors (Lipinski definition) is 4. The summed E-state index contributed by atoms with van der Waals surface area (Å²) in [6.45, 7) is 4.87. The molecule has 5 heteroatoms. The fourth-order valence-electron chi connectivity index (χ4n) is 1.87. The van der Waals surface area contributed by atoms with Gasteiger partial charge in [0.15, 0.2) is 0 Å². The molecule has 1 aromatic carbocycles. The molecule has 1 amide bonds. The van der Waals surface area contributed by atoms with Crippen LogP contribution in [0.4, 0.5) is 5.69 Å². The number of amides is 1. The number of unbranched alkanes of at least 4 members (excludes halogenated alkanes) is 3. The molecule has 0 radical (unpaired) electrons. The smallest absolute Gasteiger partial charge is 0.330 e. The Balaban J connectivity index is 2.35. The molecule has 0 spiro atoms. The number of benzene rings is 1. The van der Waals surface area contributed by atoms with Gasteiger partial charge in [-0.1, -0.05) is 26.2 Å². The predicted octanol–water partition coefficient (Wildman–Crippen LogP) is 3.70. The topological polar surface area (TPSA) is 64.6 Å². The quantitative estimate of drug-likeness (QED) is 0.406. The SMILES string of the molecule is CCCCCCOc1ccc(NC(=O)C=CC(=O)OCC)cc1. The summed E-state index contributed by atoms with van der Waals surface area (Å²) in [5.41, 5.74) is 0.641. The van der Waals surface area contributed by atoms with E-state index in [0.29, 0.717) is 12.3 Å². The van der Waals surface area contributed by atoms with Gasteiger partial charge in [-0.25, -0.2) is 4.79 Å². The number of carbonyl (C=O) groups is 2. The molecule has 0 heterocycles. The molecular weight excluding hydrogens is 294 g/mol. The minimum atomic E-state index is -0.533. The summed E-state index contributed by atoms with van der Waals surface area (Å²) in [7, 11) is 0. The monoisotopic (exact) mass is 319 g/mol. The average molecular weight is 319 g/mol. The van der Waals surface area contributed by atoms with Crippen molar-refractivity contribution in [2.24, 2.45) is 0 Å². The van der Waals surface area contributed by atoms with Crippen LogP contribution in [0.15, 0.2) is 36.4 Å². The molecule has 0 aliphatic heterocycles. The third-order valence-corrected chi connectivity index (χ3v) is 3.05. The zero-order valence-corrected chi connectivity index (χ0v) is 13.8.